The molecule has 0 saturated heterocycles. The summed E-state index contributed by atoms with van der Waals surface area (Å²) in [5, 5.41) is 17.4. The molecule has 6 heteroatoms. The minimum Gasteiger partial charge on any atom is -0.489 e. The topological polar surface area (TPSA) is 85.5 Å². The highest BCUT2D eigenvalue weighted by molar-refractivity contribution is 5.89. The summed E-state index contributed by atoms with van der Waals surface area (Å²) < 4.78 is 11.7. The van der Waals surface area contributed by atoms with Crippen LogP contribution in [-0.4, -0.2) is 21.3 Å². The molecule has 4 aromatic rings. The number of carboxylic acid groups (broad SMARTS) is 1. The zero-order chi connectivity index (χ0) is 21.1. The molecule has 4 rings (SSSR count). The van der Waals surface area contributed by atoms with Gasteiger partial charge in [-0.25, -0.2) is 4.79 Å². The van der Waals surface area contributed by atoms with Gasteiger partial charge < -0.3 is 14.3 Å². The fraction of sp³-hybridized carbons (Fsp3) is 0.125. The van der Waals surface area contributed by atoms with Crippen LogP contribution in [0.4, 0.5) is 0 Å². The second-order valence-electron chi connectivity index (χ2n) is 6.99. The number of carbonyl (C=O) groups is 1. The molecule has 0 radical (unpaired) electrons. The van der Waals surface area contributed by atoms with Crippen molar-refractivity contribution < 1.29 is 19.1 Å². The summed E-state index contributed by atoms with van der Waals surface area (Å²) >= 11 is 0. The van der Waals surface area contributed by atoms with Gasteiger partial charge in [-0.3, -0.25) is 0 Å². The van der Waals surface area contributed by atoms with E-state index in [1.165, 1.54) is 12.1 Å². The Morgan fingerprint density at radius 1 is 0.900 bits per heavy atom. The Hall–Kier alpha value is -3.93. The van der Waals surface area contributed by atoms with Crippen molar-refractivity contribution in [1.82, 2.24) is 10.2 Å². The lowest BCUT2D eigenvalue weighted by Gasteiger charge is -2.13. The van der Waals surface area contributed by atoms with Crippen molar-refractivity contribution in [2.45, 2.75) is 20.5 Å². The van der Waals surface area contributed by atoms with Gasteiger partial charge in [0.05, 0.1) is 5.56 Å². The number of aryl methyl sites for hydroxylation is 2. The quantitative estimate of drug-likeness (QED) is 0.473. The highest BCUT2D eigenvalue weighted by atomic mass is 16.5. The van der Waals surface area contributed by atoms with Gasteiger partial charge in [0.1, 0.15) is 12.4 Å². The third-order valence-corrected chi connectivity index (χ3v) is 4.85. The number of rotatable bonds is 6. The average molecular weight is 400 g/mol. The van der Waals surface area contributed by atoms with Crippen molar-refractivity contribution in [1.29, 1.82) is 0 Å². The number of hydrogen-bond donors (Lipinski definition) is 1. The average Bonchev–Trinajstić information content (AvgIpc) is 3.24. The summed E-state index contributed by atoms with van der Waals surface area (Å²) in [4.78, 5) is 11.2. The van der Waals surface area contributed by atoms with Crippen LogP contribution in [0.3, 0.4) is 0 Å². The van der Waals surface area contributed by atoms with Crippen LogP contribution in [0.15, 0.2) is 71.1 Å². The Kier molecular flexibility index (Phi) is 5.30. The van der Waals surface area contributed by atoms with Crippen molar-refractivity contribution >= 4 is 5.97 Å². The van der Waals surface area contributed by atoms with Gasteiger partial charge in [-0.2, -0.15) is 0 Å². The number of aromatic nitrogens is 2. The molecule has 0 amide bonds. The van der Waals surface area contributed by atoms with Crippen LogP contribution in [-0.2, 0) is 6.61 Å². The summed E-state index contributed by atoms with van der Waals surface area (Å²) in [6.07, 6.45) is 0. The van der Waals surface area contributed by atoms with Crippen molar-refractivity contribution in [2.75, 3.05) is 0 Å². The van der Waals surface area contributed by atoms with Crippen LogP contribution in [0, 0.1) is 13.8 Å². The Morgan fingerprint density at radius 3 is 2.23 bits per heavy atom. The SMILES string of the molecule is Cc1cc(-c2nnc(-c3cccc(C(=O)O)c3)o2)cc(C)c1COc1ccccc1. The molecule has 0 bridgehead atoms. The summed E-state index contributed by atoms with van der Waals surface area (Å²) in [6.45, 7) is 4.51. The van der Waals surface area contributed by atoms with Crippen molar-refractivity contribution in [3.8, 4) is 28.7 Å². The number of para-hydroxylation sites is 1. The lowest BCUT2D eigenvalue weighted by molar-refractivity contribution is 0.0697. The van der Waals surface area contributed by atoms with Crippen LogP contribution in [0.25, 0.3) is 22.9 Å². The van der Waals surface area contributed by atoms with Crippen LogP contribution >= 0.6 is 0 Å². The first kappa shape index (κ1) is 19.4. The fourth-order valence-electron chi connectivity index (χ4n) is 3.26. The van der Waals surface area contributed by atoms with E-state index in [2.05, 4.69) is 10.2 Å². The zero-order valence-electron chi connectivity index (χ0n) is 16.6. The summed E-state index contributed by atoms with van der Waals surface area (Å²) in [5.74, 6) is 0.481. The van der Waals surface area contributed by atoms with E-state index in [0.29, 0.717) is 18.1 Å². The molecule has 0 spiro atoms. The normalized spacial score (nSPS) is 10.7. The van der Waals surface area contributed by atoms with E-state index in [4.69, 9.17) is 14.3 Å². The number of benzene rings is 3. The van der Waals surface area contributed by atoms with Gasteiger partial charge in [-0.05, 0) is 73.0 Å². The third kappa shape index (κ3) is 4.07. The van der Waals surface area contributed by atoms with Gasteiger partial charge in [-0.1, -0.05) is 24.3 Å². The van der Waals surface area contributed by atoms with E-state index in [1.807, 2.05) is 56.3 Å². The first-order valence-corrected chi connectivity index (χ1v) is 9.47. The summed E-state index contributed by atoms with van der Waals surface area (Å²) in [7, 11) is 0. The number of aromatic carboxylic acids is 1. The molecule has 1 N–H and O–H groups in total. The number of hydrogen-bond acceptors (Lipinski definition) is 5. The Morgan fingerprint density at radius 2 is 1.57 bits per heavy atom. The Labute approximate surface area is 173 Å². The van der Waals surface area contributed by atoms with Gasteiger partial charge in [0.2, 0.25) is 11.8 Å². The van der Waals surface area contributed by atoms with Gasteiger partial charge in [0, 0.05) is 11.1 Å². The standard InChI is InChI=1S/C24H20N2O4/c1-15-11-19(12-16(2)21(15)14-29-20-9-4-3-5-10-20)23-26-25-22(30-23)17-7-6-8-18(13-17)24(27)28/h3-13H,14H2,1-2H3,(H,27,28). The van der Waals surface area contributed by atoms with Gasteiger partial charge >= 0.3 is 5.97 Å². The third-order valence-electron chi connectivity index (χ3n) is 4.85. The zero-order valence-corrected chi connectivity index (χ0v) is 16.6. The van der Waals surface area contributed by atoms with Crippen molar-refractivity contribution in [3.05, 3.63) is 89.0 Å². The van der Waals surface area contributed by atoms with Gasteiger partial charge in [0.15, 0.2) is 0 Å². The highest BCUT2D eigenvalue weighted by Crippen LogP contribution is 2.28. The van der Waals surface area contributed by atoms with E-state index >= 15 is 0 Å². The predicted octanol–water partition coefficient (Wildman–Crippen LogP) is 5.30. The largest absolute Gasteiger partial charge is 0.489 e. The predicted molar refractivity (Wildman–Crippen MR) is 112 cm³/mol. The van der Waals surface area contributed by atoms with Gasteiger partial charge in [0.25, 0.3) is 0 Å². The molecule has 6 nitrogen and oxygen atoms in total. The Balaban J connectivity index is 1.58. The maximum absolute atomic E-state index is 11.2. The minimum atomic E-state index is -1.00. The molecular weight excluding hydrogens is 380 g/mol. The smallest absolute Gasteiger partial charge is 0.335 e. The molecule has 3 aromatic carbocycles. The molecule has 0 aliphatic rings. The van der Waals surface area contributed by atoms with Crippen LogP contribution in [0.1, 0.15) is 27.0 Å². The molecule has 150 valence electrons. The summed E-state index contributed by atoms with van der Waals surface area (Å²) in [6, 6.07) is 20.1. The van der Waals surface area contributed by atoms with E-state index < -0.39 is 5.97 Å². The minimum absolute atomic E-state index is 0.168. The molecule has 1 heterocycles. The first-order valence-electron chi connectivity index (χ1n) is 9.47. The summed E-state index contributed by atoms with van der Waals surface area (Å²) in [5.41, 5.74) is 4.77. The molecule has 0 aliphatic heterocycles. The number of carboxylic acids is 1. The molecule has 0 unspecified atom stereocenters. The second-order valence-corrected chi connectivity index (χ2v) is 6.99. The van der Waals surface area contributed by atoms with Crippen LogP contribution < -0.4 is 4.74 Å². The number of ether oxygens (including phenoxy) is 1. The fourth-order valence-corrected chi connectivity index (χ4v) is 3.26. The maximum atomic E-state index is 11.2. The first-order chi connectivity index (χ1) is 14.5. The molecule has 0 saturated carbocycles. The van der Waals surface area contributed by atoms with Crippen molar-refractivity contribution in [3.63, 3.8) is 0 Å². The van der Waals surface area contributed by atoms with Crippen LogP contribution in [0.2, 0.25) is 0 Å². The maximum Gasteiger partial charge on any atom is 0.335 e. The molecule has 0 atom stereocenters. The van der Waals surface area contributed by atoms with Crippen molar-refractivity contribution in [2.24, 2.45) is 0 Å². The Bertz CT molecular complexity index is 1180. The highest BCUT2D eigenvalue weighted by Gasteiger charge is 2.15. The lowest BCUT2D eigenvalue weighted by Crippen LogP contribution is -2.01. The monoisotopic (exact) mass is 400 g/mol. The van der Waals surface area contributed by atoms with Gasteiger partial charge in [-0.15, -0.1) is 10.2 Å². The van der Waals surface area contributed by atoms with Crippen LogP contribution in [0.5, 0.6) is 5.75 Å². The molecule has 0 fully saturated rings. The number of nitrogens with zero attached hydrogens (tertiary/aromatic N) is 2. The molecule has 0 aliphatic carbocycles. The molecular formula is C24H20N2O4. The van der Waals surface area contributed by atoms with E-state index in [0.717, 1.165) is 28.0 Å². The van der Waals surface area contributed by atoms with E-state index in [-0.39, 0.29) is 11.5 Å². The van der Waals surface area contributed by atoms with E-state index in [9.17, 15) is 4.79 Å². The molecule has 1 aromatic heterocycles. The second kappa shape index (κ2) is 8.21. The van der Waals surface area contributed by atoms with E-state index in [1.54, 1.807) is 12.1 Å². The molecule has 30 heavy (non-hydrogen) atoms. The lowest BCUT2D eigenvalue weighted by atomic mass is 10.00.